The maximum Gasteiger partial charge on any atom is 0.238 e. The Kier molecular flexibility index (Phi) is 6.43. The molecule has 1 fully saturated rings. The zero-order valence-electron chi connectivity index (χ0n) is 19.2. The van der Waals surface area contributed by atoms with Crippen LogP contribution in [0.4, 0.5) is 5.69 Å². The Labute approximate surface area is 201 Å². The summed E-state index contributed by atoms with van der Waals surface area (Å²) >= 11 is 0. The SMILES string of the molecule is CCCNCC(=O)Nc1ccc2c(c1O)C(=O)C1=C(O)C3(O)C(=O)CC(O)CC3CC1C2C(N)=O. The lowest BCUT2D eigenvalue weighted by Gasteiger charge is -2.48. The highest BCUT2D eigenvalue weighted by Crippen LogP contribution is 2.54. The van der Waals surface area contributed by atoms with Crippen LogP contribution in [0.1, 0.15) is 54.4 Å². The molecule has 0 bridgehead atoms. The third-order valence-corrected chi connectivity index (χ3v) is 7.23. The maximum atomic E-state index is 13.6. The summed E-state index contributed by atoms with van der Waals surface area (Å²) in [5, 5.41) is 48.6. The topological polar surface area (TPSA) is 199 Å². The molecule has 3 aliphatic carbocycles. The van der Waals surface area contributed by atoms with Crippen molar-refractivity contribution in [2.45, 2.75) is 50.2 Å². The molecular weight excluding hydrogens is 458 g/mol. The lowest BCUT2D eigenvalue weighted by molar-refractivity contribution is -0.155. The Morgan fingerprint density at radius 1 is 1.20 bits per heavy atom. The molecule has 1 saturated carbocycles. The highest BCUT2D eigenvalue weighted by atomic mass is 16.3. The highest BCUT2D eigenvalue weighted by Gasteiger charge is 2.60. The highest BCUT2D eigenvalue weighted by molar-refractivity contribution is 6.17. The normalized spacial score (nSPS) is 29.8. The van der Waals surface area contributed by atoms with E-state index in [0.29, 0.717) is 6.54 Å². The van der Waals surface area contributed by atoms with Gasteiger partial charge in [-0.15, -0.1) is 0 Å². The minimum Gasteiger partial charge on any atom is -0.508 e. The number of nitrogens with two attached hydrogens (primary N) is 1. The van der Waals surface area contributed by atoms with E-state index >= 15 is 0 Å². The second-order valence-corrected chi connectivity index (χ2v) is 9.44. The number of allylic oxidation sites excluding steroid dienone is 1. The fourth-order valence-electron chi connectivity index (χ4n) is 5.64. The van der Waals surface area contributed by atoms with Crippen LogP contribution in [0.3, 0.4) is 0 Å². The number of ketones is 2. The van der Waals surface area contributed by atoms with Gasteiger partial charge >= 0.3 is 0 Å². The lowest BCUT2D eigenvalue weighted by Crippen LogP contribution is -2.58. The van der Waals surface area contributed by atoms with Gasteiger partial charge in [0.15, 0.2) is 22.9 Å². The first-order valence-electron chi connectivity index (χ1n) is 11.6. The summed E-state index contributed by atoms with van der Waals surface area (Å²) in [6.07, 6.45) is -0.672. The molecule has 11 nitrogen and oxygen atoms in total. The fraction of sp³-hybridized carbons (Fsp3) is 0.500. The molecule has 0 saturated heterocycles. The zero-order valence-corrected chi connectivity index (χ0v) is 19.2. The number of phenols is 1. The van der Waals surface area contributed by atoms with Crippen molar-refractivity contribution in [3.05, 3.63) is 34.6 Å². The molecule has 0 aromatic heterocycles. The summed E-state index contributed by atoms with van der Waals surface area (Å²) in [4.78, 5) is 51.0. The van der Waals surface area contributed by atoms with Gasteiger partial charge in [-0.3, -0.25) is 19.2 Å². The van der Waals surface area contributed by atoms with Crippen LogP contribution in [-0.4, -0.2) is 68.6 Å². The number of anilines is 1. The predicted molar refractivity (Wildman–Crippen MR) is 123 cm³/mol. The van der Waals surface area contributed by atoms with E-state index in [0.717, 1.165) is 6.42 Å². The quantitative estimate of drug-likeness (QED) is 0.213. The number of amides is 2. The summed E-state index contributed by atoms with van der Waals surface area (Å²) in [5.41, 5.74) is 2.64. The van der Waals surface area contributed by atoms with E-state index in [9.17, 15) is 39.6 Å². The number of primary amides is 1. The van der Waals surface area contributed by atoms with Crippen molar-refractivity contribution >= 4 is 29.1 Å². The molecule has 11 heteroatoms. The number of rotatable bonds is 6. The van der Waals surface area contributed by atoms with Crippen LogP contribution in [0, 0.1) is 11.8 Å². The fourth-order valence-corrected chi connectivity index (χ4v) is 5.64. The molecule has 3 aliphatic rings. The Morgan fingerprint density at radius 2 is 1.91 bits per heavy atom. The van der Waals surface area contributed by atoms with Gasteiger partial charge in [0, 0.05) is 23.8 Å². The molecule has 5 unspecified atom stereocenters. The number of fused-ring (bicyclic) bond motifs is 3. The number of nitrogens with one attached hydrogen (secondary N) is 2. The van der Waals surface area contributed by atoms with Gasteiger partial charge in [-0.1, -0.05) is 13.0 Å². The first kappa shape index (κ1) is 24.8. The number of aliphatic hydroxyl groups excluding tert-OH is 2. The van der Waals surface area contributed by atoms with Crippen LogP contribution < -0.4 is 16.4 Å². The van der Waals surface area contributed by atoms with E-state index in [-0.39, 0.29) is 41.8 Å². The molecule has 4 rings (SSSR count). The van der Waals surface area contributed by atoms with Crippen molar-refractivity contribution in [3.8, 4) is 5.75 Å². The van der Waals surface area contributed by atoms with Gasteiger partial charge in [0.25, 0.3) is 0 Å². The van der Waals surface area contributed by atoms with Gasteiger partial charge in [0.2, 0.25) is 11.8 Å². The first-order valence-corrected chi connectivity index (χ1v) is 11.6. The maximum absolute atomic E-state index is 13.6. The zero-order chi connectivity index (χ0) is 25.7. The smallest absolute Gasteiger partial charge is 0.238 e. The van der Waals surface area contributed by atoms with Crippen molar-refractivity contribution in [1.82, 2.24) is 5.32 Å². The molecule has 35 heavy (non-hydrogen) atoms. The molecular formula is C24H29N3O8. The monoisotopic (exact) mass is 487 g/mol. The van der Waals surface area contributed by atoms with Gasteiger partial charge in [0.1, 0.15) is 5.76 Å². The molecule has 0 aliphatic heterocycles. The third kappa shape index (κ3) is 3.89. The molecule has 0 radical (unpaired) electrons. The van der Waals surface area contributed by atoms with Crippen LogP contribution in [0.25, 0.3) is 0 Å². The second kappa shape index (κ2) is 9.06. The van der Waals surface area contributed by atoms with Crippen molar-refractivity contribution in [2.75, 3.05) is 18.4 Å². The summed E-state index contributed by atoms with van der Waals surface area (Å²) < 4.78 is 0. The summed E-state index contributed by atoms with van der Waals surface area (Å²) in [6, 6.07) is 2.77. The Bertz CT molecular complexity index is 1150. The van der Waals surface area contributed by atoms with Crippen LogP contribution >= 0.6 is 0 Å². The molecule has 0 spiro atoms. The number of phenolic OH excluding ortho intramolecular Hbond substituents is 1. The lowest BCUT2D eigenvalue weighted by atomic mass is 9.57. The van der Waals surface area contributed by atoms with E-state index in [1.54, 1.807) is 0 Å². The van der Waals surface area contributed by atoms with E-state index < -0.39 is 70.8 Å². The molecule has 2 amide bonds. The van der Waals surface area contributed by atoms with Crippen molar-refractivity contribution in [1.29, 1.82) is 0 Å². The Balaban J connectivity index is 1.81. The third-order valence-electron chi connectivity index (χ3n) is 7.23. The number of carbonyl (C=O) groups excluding carboxylic acids is 4. The molecule has 1 aromatic carbocycles. The average molecular weight is 488 g/mol. The summed E-state index contributed by atoms with van der Waals surface area (Å²) in [7, 11) is 0. The van der Waals surface area contributed by atoms with Crippen LogP contribution in [0.15, 0.2) is 23.5 Å². The van der Waals surface area contributed by atoms with Gasteiger partial charge in [-0.2, -0.15) is 0 Å². The van der Waals surface area contributed by atoms with E-state index in [4.69, 9.17) is 5.73 Å². The van der Waals surface area contributed by atoms with Crippen molar-refractivity contribution in [2.24, 2.45) is 17.6 Å². The van der Waals surface area contributed by atoms with Gasteiger partial charge < -0.3 is 36.8 Å². The van der Waals surface area contributed by atoms with Gasteiger partial charge in [-0.05, 0) is 37.4 Å². The number of hydrogen-bond donors (Lipinski definition) is 7. The Morgan fingerprint density at radius 3 is 2.57 bits per heavy atom. The number of Topliss-reactive ketones (excluding diaryl/α,β-unsaturated/α-hetero) is 2. The Hall–Kier alpha value is -3.28. The number of benzene rings is 1. The van der Waals surface area contributed by atoms with Crippen molar-refractivity contribution in [3.63, 3.8) is 0 Å². The summed E-state index contributed by atoms with van der Waals surface area (Å²) in [5.74, 6) is -7.53. The van der Waals surface area contributed by atoms with Crippen molar-refractivity contribution < 1.29 is 39.6 Å². The molecule has 8 N–H and O–H groups in total. The predicted octanol–water partition coefficient (Wildman–Crippen LogP) is -0.00140. The summed E-state index contributed by atoms with van der Waals surface area (Å²) in [6.45, 7) is 2.51. The van der Waals surface area contributed by atoms with Crippen LogP contribution in [0.5, 0.6) is 5.75 Å². The molecule has 0 heterocycles. The number of hydrogen-bond acceptors (Lipinski definition) is 9. The molecule has 188 valence electrons. The standard InChI is InChI=1S/C24H29N3O8/c1-2-5-26-9-16(30)27-14-4-3-12-17(23(25)34)13-7-10-6-11(28)8-15(29)24(10,35)22(33)19(13)21(32)18(12)20(14)31/h3-4,10-11,13,17,26,28,31,33,35H,2,5-9H2,1H3,(H2,25,34)(H,27,30). The largest absolute Gasteiger partial charge is 0.508 e. The van der Waals surface area contributed by atoms with Gasteiger partial charge in [-0.25, -0.2) is 0 Å². The van der Waals surface area contributed by atoms with Crippen LogP contribution in [-0.2, 0) is 14.4 Å². The van der Waals surface area contributed by atoms with E-state index in [1.807, 2.05) is 6.92 Å². The second-order valence-electron chi connectivity index (χ2n) is 9.44. The average Bonchev–Trinajstić information content (AvgIpc) is 2.78. The van der Waals surface area contributed by atoms with E-state index in [1.165, 1.54) is 12.1 Å². The molecule has 5 atom stereocenters. The number of aromatic hydroxyl groups is 1. The van der Waals surface area contributed by atoms with Crippen LogP contribution in [0.2, 0.25) is 0 Å². The number of aliphatic hydroxyl groups is 3. The van der Waals surface area contributed by atoms with Gasteiger partial charge in [0.05, 0.1) is 29.8 Å². The molecule has 1 aromatic rings. The number of carbonyl (C=O) groups is 4. The minimum absolute atomic E-state index is 0.00903. The first-order chi connectivity index (χ1) is 16.5. The minimum atomic E-state index is -2.38. The van der Waals surface area contributed by atoms with E-state index in [2.05, 4.69) is 10.6 Å².